The Bertz CT molecular complexity index is 519. The van der Waals surface area contributed by atoms with E-state index < -0.39 is 12.7 Å². The Kier molecular flexibility index (Phi) is 6.30. The van der Waals surface area contributed by atoms with Crippen molar-refractivity contribution in [3.8, 4) is 0 Å². The molecule has 1 aliphatic heterocycles. The van der Waals surface area contributed by atoms with E-state index in [1.165, 1.54) is 4.90 Å². The molecule has 0 aromatic heterocycles. The van der Waals surface area contributed by atoms with Crippen LogP contribution in [-0.2, 0) is 11.2 Å². The molecule has 2 rings (SSSR count). The fourth-order valence-electron chi connectivity index (χ4n) is 2.79. The molecule has 3 nitrogen and oxygen atoms in total. The van der Waals surface area contributed by atoms with Crippen molar-refractivity contribution in [2.75, 3.05) is 26.2 Å². The van der Waals surface area contributed by atoms with Crippen LogP contribution in [0.4, 0.5) is 13.2 Å². The average molecular weight is 349 g/mol. The second kappa shape index (κ2) is 8.02. The zero-order chi connectivity index (χ0) is 16.9. The summed E-state index contributed by atoms with van der Waals surface area (Å²) < 4.78 is 37.3. The number of rotatable bonds is 5. The van der Waals surface area contributed by atoms with Gasteiger partial charge in [0.15, 0.2) is 0 Å². The van der Waals surface area contributed by atoms with Gasteiger partial charge < -0.3 is 5.32 Å². The number of likely N-dealkylation sites (tertiary alicyclic amines) is 1. The molecule has 1 aromatic carbocycles. The van der Waals surface area contributed by atoms with Crippen LogP contribution in [0.5, 0.6) is 0 Å². The zero-order valence-electron chi connectivity index (χ0n) is 12.7. The molecule has 1 atom stereocenters. The predicted molar refractivity (Wildman–Crippen MR) is 83.4 cm³/mol. The molecule has 1 amide bonds. The number of hydrogen-bond donors (Lipinski definition) is 1. The lowest BCUT2D eigenvalue weighted by Gasteiger charge is -2.32. The van der Waals surface area contributed by atoms with E-state index in [-0.39, 0.29) is 18.4 Å². The smallest absolute Gasteiger partial charge is 0.355 e. The molecule has 1 unspecified atom stereocenters. The number of benzene rings is 1. The van der Waals surface area contributed by atoms with Crippen molar-refractivity contribution in [2.45, 2.75) is 25.4 Å². The van der Waals surface area contributed by atoms with Crippen LogP contribution in [-0.4, -0.2) is 43.2 Å². The fourth-order valence-corrected chi connectivity index (χ4v) is 2.92. The van der Waals surface area contributed by atoms with E-state index in [2.05, 4.69) is 5.32 Å². The third-order valence-corrected chi connectivity index (χ3v) is 4.16. The minimum absolute atomic E-state index is 0.161. The van der Waals surface area contributed by atoms with Gasteiger partial charge in [-0.3, -0.25) is 9.69 Å². The Morgan fingerprint density at radius 2 is 2.00 bits per heavy atom. The molecule has 0 bridgehead atoms. The third-order valence-electron chi connectivity index (χ3n) is 3.91. The number of alkyl halides is 3. The SMILES string of the molecule is O=C(NCCc1ccc(Cl)cc1)C1CCCN(CC(F)(F)F)C1. The van der Waals surface area contributed by atoms with Crippen LogP contribution in [0.3, 0.4) is 0 Å². The molecule has 128 valence electrons. The van der Waals surface area contributed by atoms with Crippen molar-refractivity contribution in [1.82, 2.24) is 10.2 Å². The van der Waals surface area contributed by atoms with E-state index in [0.717, 1.165) is 5.56 Å². The van der Waals surface area contributed by atoms with Gasteiger partial charge in [0.2, 0.25) is 5.91 Å². The average Bonchev–Trinajstić information content (AvgIpc) is 2.48. The van der Waals surface area contributed by atoms with Crippen LogP contribution in [0.2, 0.25) is 5.02 Å². The molecule has 1 aromatic rings. The second-order valence-corrected chi connectivity index (χ2v) is 6.29. The monoisotopic (exact) mass is 348 g/mol. The minimum atomic E-state index is -4.22. The lowest BCUT2D eigenvalue weighted by atomic mass is 9.97. The highest BCUT2D eigenvalue weighted by Gasteiger charge is 2.34. The van der Waals surface area contributed by atoms with E-state index >= 15 is 0 Å². The highest BCUT2D eigenvalue weighted by molar-refractivity contribution is 6.30. The van der Waals surface area contributed by atoms with E-state index in [0.29, 0.717) is 37.4 Å². The van der Waals surface area contributed by atoms with Gasteiger partial charge in [0.1, 0.15) is 0 Å². The van der Waals surface area contributed by atoms with Crippen LogP contribution >= 0.6 is 11.6 Å². The maximum Gasteiger partial charge on any atom is 0.401 e. The standard InChI is InChI=1S/C16H20ClF3N2O/c17-14-5-3-12(4-6-14)7-8-21-15(23)13-2-1-9-22(10-13)11-16(18,19)20/h3-6,13H,1-2,7-11H2,(H,21,23). The van der Waals surface area contributed by atoms with E-state index in [1.54, 1.807) is 12.1 Å². The van der Waals surface area contributed by atoms with Crippen molar-refractivity contribution in [3.63, 3.8) is 0 Å². The number of nitrogens with zero attached hydrogens (tertiary/aromatic N) is 1. The largest absolute Gasteiger partial charge is 0.401 e. The van der Waals surface area contributed by atoms with Crippen molar-refractivity contribution in [2.24, 2.45) is 5.92 Å². The molecule has 1 aliphatic rings. The molecule has 1 N–H and O–H groups in total. The van der Waals surface area contributed by atoms with Gasteiger partial charge in [-0.05, 0) is 43.5 Å². The first-order chi connectivity index (χ1) is 10.8. The second-order valence-electron chi connectivity index (χ2n) is 5.86. The Labute approximate surface area is 138 Å². The quantitative estimate of drug-likeness (QED) is 0.885. The molecule has 0 saturated carbocycles. The van der Waals surface area contributed by atoms with Gasteiger partial charge in [-0.25, -0.2) is 0 Å². The van der Waals surface area contributed by atoms with Gasteiger partial charge in [0.05, 0.1) is 12.5 Å². The van der Waals surface area contributed by atoms with E-state index in [9.17, 15) is 18.0 Å². The number of nitrogens with one attached hydrogen (secondary N) is 1. The van der Waals surface area contributed by atoms with Gasteiger partial charge in [-0.1, -0.05) is 23.7 Å². The first-order valence-electron chi connectivity index (χ1n) is 7.65. The molecule has 1 heterocycles. The molecule has 0 aliphatic carbocycles. The van der Waals surface area contributed by atoms with Gasteiger partial charge in [-0.15, -0.1) is 0 Å². The summed E-state index contributed by atoms with van der Waals surface area (Å²) in [6.07, 6.45) is -2.29. The molecular formula is C16H20ClF3N2O. The predicted octanol–water partition coefficient (Wildman–Crippen LogP) is 3.27. The Balaban J connectivity index is 1.75. The summed E-state index contributed by atoms with van der Waals surface area (Å²) in [4.78, 5) is 13.4. The molecular weight excluding hydrogens is 329 g/mol. The number of hydrogen-bond acceptors (Lipinski definition) is 2. The maximum atomic E-state index is 12.4. The van der Waals surface area contributed by atoms with Crippen LogP contribution in [0.25, 0.3) is 0 Å². The Morgan fingerprint density at radius 1 is 1.30 bits per heavy atom. The molecule has 1 saturated heterocycles. The van der Waals surface area contributed by atoms with Gasteiger partial charge in [-0.2, -0.15) is 13.2 Å². The van der Waals surface area contributed by atoms with Gasteiger partial charge in [0.25, 0.3) is 0 Å². The first-order valence-corrected chi connectivity index (χ1v) is 8.02. The first kappa shape index (κ1) is 18.1. The number of piperidine rings is 1. The van der Waals surface area contributed by atoms with Crippen LogP contribution in [0.15, 0.2) is 24.3 Å². The van der Waals surface area contributed by atoms with Crippen molar-refractivity contribution in [3.05, 3.63) is 34.9 Å². The minimum Gasteiger partial charge on any atom is -0.355 e. The van der Waals surface area contributed by atoms with Crippen molar-refractivity contribution >= 4 is 17.5 Å². The van der Waals surface area contributed by atoms with Crippen LogP contribution in [0.1, 0.15) is 18.4 Å². The fraction of sp³-hybridized carbons (Fsp3) is 0.562. The highest BCUT2D eigenvalue weighted by atomic mass is 35.5. The van der Waals surface area contributed by atoms with Gasteiger partial charge >= 0.3 is 6.18 Å². The molecule has 0 spiro atoms. The molecule has 1 fully saturated rings. The summed E-state index contributed by atoms with van der Waals surface area (Å²) in [5.74, 6) is -0.526. The Hall–Kier alpha value is -1.27. The molecule has 23 heavy (non-hydrogen) atoms. The van der Waals surface area contributed by atoms with E-state index in [4.69, 9.17) is 11.6 Å². The van der Waals surface area contributed by atoms with Gasteiger partial charge in [0, 0.05) is 18.1 Å². The molecule has 7 heteroatoms. The summed E-state index contributed by atoms with van der Waals surface area (Å²) in [5.41, 5.74) is 1.05. The highest BCUT2D eigenvalue weighted by Crippen LogP contribution is 2.22. The van der Waals surface area contributed by atoms with E-state index in [1.807, 2.05) is 12.1 Å². The summed E-state index contributed by atoms with van der Waals surface area (Å²) >= 11 is 5.80. The topological polar surface area (TPSA) is 32.3 Å². The number of carbonyl (C=O) groups is 1. The summed E-state index contributed by atoms with van der Waals surface area (Å²) in [5, 5.41) is 3.48. The van der Waals surface area contributed by atoms with Crippen LogP contribution in [0, 0.1) is 5.92 Å². The number of amides is 1. The lowest BCUT2D eigenvalue weighted by Crippen LogP contribution is -2.46. The van der Waals surface area contributed by atoms with Crippen molar-refractivity contribution < 1.29 is 18.0 Å². The van der Waals surface area contributed by atoms with Crippen LogP contribution < -0.4 is 5.32 Å². The maximum absolute atomic E-state index is 12.4. The summed E-state index contributed by atoms with van der Waals surface area (Å²) in [7, 11) is 0. The third kappa shape index (κ3) is 6.39. The Morgan fingerprint density at radius 3 is 2.65 bits per heavy atom. The number of halogens is 4. The van der Waals surface area contributed by atoms with Crippen molar-refractivity contribution in [1.29, 1.82) is 0 Å². The summed E-state index contributed by atoms with van der Waals surface area (Å²) in [6, 6.07) is 7.35. The molecule has 0 radical (unpaired) electrons. The number of carbonyl (C=O) groups excluding carboxylic acids is 1. The lowest BCUT2D eigenvalue weighted by molar-refractivity contribution is -0.152. The summed E-state index contributed by atoms with van der Waals surface area (Å²) in [6.45, 7) is 0.0954. The normalized spacial score (nSPS) is 19.6. The zero-order valence-corrected chi connectivity index (χ0v) is 13.5.